The van der Waals surface area contributed by atoms with Crippen LogP contribution in [0.15, 0.2) is 59.3 Å². The Morgan fingerprint density at radius 3 is 2.63 bits per heavy atom. The van der Waals surface area contributed by atoms with Crippen molar-refractivity contribution in [3.05, 3.63) is 71.1 Å². The van der Waals surface area contributed by atoms with Crippen molar-refractivity contribution in [2.24, 2.45) is 0 Å². The van der Waals surface area contributed by atoms with Crippen LogP contribution in [-0.4, -0.2) is 9.97 Å². The van der Waals surface area contributed by atoms with Crippen molar-refractivity contribution in [1.82, 2.24) is 9.97 Å². The monoisotopic (exact) mass is 415 g/mol. The van der Waals surface area contributed by atoms with Gasteiger partial charge >= 0.3 is 0 Å². The molecule has 0 atom stereocenters. The first-order chi connectivity index (χ1) is 14.7. The van der Waals surface area contributed by atoms with Crippen LogP contribution in [0.1, 0.15) is 11.1 Å². The molecule has 0 radical (unpaired) electrons. The van der Waals surface area contributed by atoms with Crippen molar-refractivity contribution < 1.29 is 9.15 Å². The van der Waals surface area contributed by atoms with Gasteiger partial charge in [-0.25, -0.2) is 4.98 Å². The summed E-state index contributed by atoms with van der Waals surface area (Å²) in [7, 11) is 0. The van der Waals surface area contributed by atoms with E-state index in [1.165, 1.54) is 0 Å². The summed E-state index contributed by atoms with van der Waals surface area (Å²) in [5.74, 6) is 1.04. The van der Waals surface area contributed by atoms with Crippen LogP contribution in [-0.2, 0) is 12.8 Å². The van der Waals surface area contributed by atoms with E-state index in [2.05, 4.69) is 27.4 Å². The van der Waals surface area contributed by atoms with Gasteiger partial charge in [-0.15, -0.1) is 0 Å². The summed E-state index contributed by atoms with van der Waals surface area (Å²) in [5, 5.41) is 21.9. The van der Waals surface area contributed by atoms with Crippen LogP contribution >= 0.6 is 11.6 Å². The van der Waals surface area contributed by atoms with Gasteiger partial charge in [0.25, 0.3) is 0 Å². The van der Waals surface area contributed by atoms with Crippen LogP contribution in [0.5, 0.6) is 11.6 Å². The molecular formula is C22H14ClN5O2. The second-order valence-electron chi connectivity index (χ2n) is 6.35. The highest BCUT2D eigenvalue weighted by atomic mass is 35.5. The minimum atomic E-state index is 0.238. The van der Waals surface area contributed by atoms with Gasteiger partial charge in [-0.1, -0.05) is 23.7 Å². The number of hydrogen-bond acceptors (Lipinski definition) is 7. The second kappa shape index (κ2) is 8.52. The Labute approximate surface area is 177 Å². The molecule has 0 saturated carbocycles. The Bertz CT molecular complexity index is 1290. The van der Waals surface area contributed by atoms with Crippen LogP contribution in [0.2, 0.25) is 5.02 Å². The zero-order valence-electron chi connectivity index (χ0n) is 15.6. The van der Waals surface area contributed by atoms with Crippen molar-refractivity contribution in [3.63, 3.8) is 0 Å². The molecular weight excluding hydrogens is 402 g/mol. The molecule has 0 saturated heterocycles. The fourth-order valence-corrected chi connectivity index (χ4v) is 3.08. The molecule has 2 aromatic carbocycles. The molecule has 8 heteroatoms. The third-order valence-corrected chi connectivity index (χ3v) is 4.61. The lowest BCUT2D eigenvalue weighted by Gasteiger charge is -2.09. The number of anilines is 2. The van der Waals surface area contributed by atoms with Crippen molar-refractivity contribution in [2.75, 3.05) is 5.32 Å². The molecule has 4 rings (SSSR count). The smallest absolute Gasteiger partial charge is 0.230 e. The van der Waals surface area contributed by atoms with Gasteiger partial charge in [0.1, 0.15) is 5.58 Å². The fourth-order valence-electron chi connectivity index (χ4n) is 2.88. The molecule has 7 nitrogen and oxygen atoms in total. The number of benzene rings is 2. The average molecular weight is 416 g/mol. The van der Waals surface area contributed by atoms with E-state index in [0.717, 1.165) is 22.2 Å². The van der Waals surface area contributed by atoms with E-state index in [1.54, 1.807) is 30.7 Å². The number of nitriles is 2. The van der Waals surface area contributed by atoms with E-state index in [4.69, 9.17) is 31.3 Å². The number of halogens is 1. The maximum absolute atomic E-state index is 8.90. The van der Waals surface area contributed by atoms with Crippen LogP contribution in [0.25, 0.3) is 11.0 Å². The quantitative estimate of drug-likeness (QED) is 0.440. The van der Waals surface area contributed by atoms with E-state index in [9.17, 15) is 0 Å². The van der Waals surface area contributed by atoms with E-state index in [1.807, 2.05) is 24.3 Å². The molecule has 0 aliphatic carbocycles. The van der Waals surface area contributed by atoms with Crippen LogP contribution in [0, 0.1) is 22.7 Å². The van der Waals surface area contributed by atoms with Gasteiger partial charge in [0.15, 0.2) is 5.75 Å². The number of fused-ring (bicyclic) bond motifs is 1. The Morgan fingerprint density at radius 2 is 1.87 bits per heavy atom. The molecule has 30 heavy (non-hydrogen) atoms. The Balaban J connectivity index is 1.54. The molecule has 0 bridgehead atoms. The lowest BCUT2D eigenvalue weighted by molar-refractivity contribution is 0.462. The minimum absolute atomic E-state index is 0.238. The summed E-state index contributed by atoms with van der Waals surface area (Å²) in [6.45, 7) is 0. The third kappa shape index (κ3) is 4.17. The van der Waals surface area contributed by atoms with Gasteiger partial charge < -0.3 is 14.5 Å². The van der Waals surface area contributed by atoms with Gasteiger partial charge in [-0.3, -0.25) is 0 Å². The van der Waals surface area contributed by atoms with E-state index in [0.29, 0.717) is 34.6 Å². The fraction of sp³-hybridized carbons (Fsp3) is 0.0909. The molecule has 0 aliphatic heterocycles. The second-order valence-corrected chi connectivity index (χ2v) is 6.76. The van der Waals surface area contributed by atoms with Gasteiger partial charge in [-0.2, -0.15) is 15.5 Å². The molecule has 4 aromatic rings. The summed E-state index contributed by atoms with van der Waals surface area (Å²) < 4.78 is 11.3. The molecule has 2 heterocycles. The van der Waals surface area contributed by atoms with Crippen LogP contribution in [0.3, 0.4) is 0 Å². The maximum Gasteiger partial charge on any atom is 0.230 e. The number of furan rings is 1. The predicted octanol–water partition coefficient (Wildman–Crippen LogP) is 5.54. The van der Waals surface area contributed by atoms with Gasteiger partial charge in [0, 0.05) is 35.0 Å². The highest BCUT2D eigenvalue weighted by Gasteiger charge is 2.13. The molecule has 0 fully saturated rings. The molecule has 1 N–H and O–H groups in total. The lowest BCUT2D eigenvalue weighted by Crippen LogP contribution is -1.98. The summed E-state index contributed by atoms with van der Waals surface area (Å²) in [4.78, 5) is 8.54. The number of nitrogens with zero attached hydrogens (tertiary/aromatic N) is 4. The summed E-state index contributed by atoms with van der Waals surface area (Å²) >= 11 is 6.36. The normalized spacial score (nSPS) is 10.4. The SMILES string of the molecule is N#CCc1ccc(Nc2nccc(Oc3cc4occ(CC#N)c4cc3Cl)n2)cc1. The topological polar surface area (TPSA) is 108 Å². The van der Waals surface area contributed by atoms with E-state index >= 15 is 0 Å². The molecule has 0 amide bonds. The zero-order valence-corrected chi connectivity index (χ0v) is 16.3. The largest absolute Gasteiger partial charge is 0.464 e. The highest BCUT2D eigenvalue weighted by molar-refractivity contribution is 6.32. The first kappa shape index (κ1) is 19.3. The third-order valence-electron chi connectivity index (χ3n) is 4.32. The summed E-state index contributed by atoms with van der Waals surface area (Å²) in [6.07, 6.45) is 3.71. The highest BCUT2D eigenvalue weighted by Crippen LogP contribution is 2.35. The first-order valence-electron chi connectivity index (χ1n) is 8.96. The minimum Gasteiger partial charge on any atom is -0.464 e. The Morgan fingerprint density at radius 1 is 1.07 bits per heavy atom. The van der Waals surface area contributed by atoms with E-state index < -0.39 is 0 Å². The number of ether oxygens (including phenoxy) is 1. The van der Waals surface area contributed by atoms with E-state index in [-0.39, 0.29) is 6.42 Å². The number of rotatable bonds is 6. The van der Waals surface area contributed by atoms with Crippen molar-refractivity contribution in [3.8, 4) is 23.8 Å². The van der Waals surface area contributed by atoms with Crippen molar-refractivity contribution in [2.45, 2.75) is 12.8 Å². The molecule has 0 spiro atoms. The number of nitrogens with one attached hydrogen (secondary N) is 1. The van der Waals surface area contributed by atoms with Crippen LogP contribution < -0.4 is 10.1 Å². The molecule has 146 valence electrons. The number of hydrogen-bond donors (Lipinski definition) is 1. The lowest BCUT2D eigenvalue weighted by atomic mass is 10.1. The first-order valence-corrected chi connectivity index (χ1v) is 9.34. The van der Waals surface area contributed by atoms with Gasteiger partial charge in [0.2, 0.25) is 11.8 Å². The zero-order chi connectivity index (χ0) is 20.9. The Kier molecular flexibility index (Phi) is 5.47. The molecule has 0 aliphatic rings. The van der Waals surface area contributed by atoms with Crippen molar-refractivity contribution >= 4 is 34.2 Å². The maximum atomic E-state index is 8.90. The Hall–Kier alpha value is -4.07. The number of aromatic nitrogens is 2. The standard InChI is InChI=1S/C22H14ClN5O2/c23-18-11-17-15(6-9-25)13-29-19(17)12-20(18)30-21-7-10-26-22(28-21)27-16-3-1-14(2-4-16)5-8-24/h1-4,7,10-13H,5-6H2,(H,26,27,28). The molecule has 0 unspecified atom stereocenters. The van der Waals surface area contributed by atoms with Crippen LogP contribution in [0.4, 0.5) is 11.6 Å². The predicted molar refractivity (Wildman–Crippen MR) is 112 cm³/mol. The summed E-state index contributed by atoms with van der Waals surface area (Å²) in [6, 6.07) is 16.6. The summed E-state index contributed by atoms with van der Waals surface area (Å²) in [5.41, 5.74) is 3.07. The van der Waals surface area contributed by atoms with Gasteiger partial charge in [-0.05, 0) is 23.8 Å². The molecule has 2 aromatic heterocycles. The average Bonchev–Trinajstić information content (AvgIpc) is 3.12. The van der Waals surface area contributed by atoms with Crippen molar-refractivity contribution in [1.29, 1.82) is 10.5 Å². The van der Waals surface area contributed by atoms with Gasteiger partial charge in [0.05, 0.1) is 36.3 Å².